The highest BCUT2D eigenvalue weighted by molar-refractivity contribution is 5.25. The maximum Gasteiger partial charge on any atom is 0.187 e. The molecule has 52 heavy (non-hydrogen) atoms. The van der Waals surface area contributed by atoms with Crippen LogP contribution in [0.2, 0.25) is 0 Å². The van der Waals surface area contributed by atoms with E-state index in [0.717, 1.165) is 0 Å². The normalized spacial score (nSPS) is 49.0. The molecule has 0 radical (unpaired) electrons. The fourth-order valence-corrected chi connectivity index (χ4v) is 11.5. The summed E-state index contributed by atoms with van der Waals surface area (Å²) < 4.78 is 61.9. The minimum atomic E-state index is -1.29. The molecule has 3 unspecified atom stereocenters. The third-order valence-electron chi connectivity index (χ3n) is 14.1. The van der Waals surface area contributed by atoms with Gasteiger partial charge in [-0.15, -0.1) is 6.42 Å². The number of fused-ring (bicyclic) bond motifs is 6. The zero-order valence-corrected chi connectivity index (χ0v) is 32.8. The van der Waals surface area contributed by atoms with Gasteiger partial charge in [-0.3, -0.25) is 0 Å². The topological polar surface area (TPSA) is 153 Å². The van der Waals surface area contributed by atoms with Gasteiger partial charge in [-0.2, -0.15) is 0 Å². The van der Waals surface area contributed by atoms with Crippen LogP contribution in [0.3, 0.4) is 0 Å². The Labute approximate surface area is 309 Å². The van der Waals surface area contributed by atoms with Crippen molar-refractivity contribution in [3.63, 3.8) is 0 Å². The zero-order chi connectivity index (χ0) is 38.1. The highest BCUT2D eigenvalue weighted by atomic mass is 16.8. The highest BCUT2D eigenvalue weighted by Crippen LogP contribution is 2.71. The molecular weight excluding hydrogens is 676 g/mol. The van der Waals surface area contributed by atoms with Crippen molar-refractivity contribution >= 4 is 0 Å². The SMILES string of the molecule is C#CC(O)[C@H]1CC[C@]2(O)C3CC[C@]4(O)C[C@@H](O[C@@H]5O[C@@H](C)[C@H](OCOC)[C@H]6OC(C)(C)O[C@@H]56)C[C@@H](OC(C)(C)OC)[C@]4(C)C3[C@H](OCOC)C[C@]12C. The van der Waals surface area contributed by atoms with Gasteiger partial charge in [0.05, 0.1) is 35.6 Å². The van der Waals surface area contributed by atoms with E-state index in [1.807, 2.05) is 41.5 Å². The maximum absolute atomic E-state index is 13.1. The van der Waals surface area contributed by atoms with Gasteiger partial charge < -0.3 is 62.7 Å². The van der Waals surface area contributed by atoms with Gasteiger partial charge in [0.25, 0.3) is 0 Å². The molecule has 3 N–H and O–H groups in total. The van der Waals surface area contributed by atoms with Gasteiger partial charge in [-0.1, -0.05) is 19.8 Å². The van der Waals surface area contributed by atoms with Gasteiger partial charge in [0.15, 0.2) is 17.9 Å². The molecule has 6 rings (SSSR count). The molecule has 2 heterocycles. The van der Waals surface area contributed by atoms with Crippen molar-refractivity contribution in [1.82, 2.24) is 0 Å². The Morgan fingerprint density at radius 1 is 0.942 bits per heavy atom. The molecule has 0 aromatic rings. The summed E-state index contributed by atoms with van der Waals surface area (Å²) in [5.74, 6) is -0.298. The maximum atomic E-state index is 13.1. The Kier molecular flexibility index (Phi) is 11.4. The molecule has 4 aliphatic carbocycles. The molecule has 2 saturated heterocycles. The van der Waals surface area contributed by atoms with E-state index in [9.17, 15) is 15.3 Å². The molecule has 0 bridgehead atoms. The number of terminal acetylenes is 1. The summed E-state index contributed by atoms with van der Waals surface area (Å²) in [7, 11) is 4.75. The van der Waals surface area contributed by atoms with E-state index in [0.29, 0.717) is 44.9 Å². The summed E-state index contributed by atoms with van der Waals surface area (Å²) in [6, 6.07) is 0. The van der Waals surface area contributed by atoms with E-state index >= 15 is 0 Å². The predicted octanol–water partition coefficient (Wildman–Crippen LogP) is 3.49. The lowest BCUT2D eigenvalue weighted by Gasteiger charge is -2.69. The Hall–Kier alpha value is -0.960. The van der Waals surface area contributed by atoms with Crippen molar-refractivity contribution in [1.29, 1.82) is 0 Å². The van der Waals surface area contributed by atoms with Crippen LogP contribution in [0.4, 0.5) is 0 Å². The first-order chi connectivity index (χ1) is 24.3. The molecule has 16 atom stereocenters. The number of ether oxygens (including phenoxy) is 10. The van der Waals surface area contributed by atoms with Crippen molar-refractivity contribution in [2.24, 2.45) is 28.6 Å². The summed E-state index contributed by atoms with van der Waals surface area (Å²) in [5, 5.41) is 37.0. The van der Waals surface area contributed by atoms with Crippen LogP contribution >= 0.6 is 0 Å². The highest BCUT2D eigenvalue weighted by Gasteiger charge is 2.75. The van der Waals surface area contributed by atoms with Gasteiger partial charge in [-0.25, -0.2) is 0 Å². The third kappa shape index (κ3) is 6.59. The number of aliphatic hydroxyl groups is 3. The molecule has 0 aromatic heterocycles. The quantitative estimate of drug-likeness (QED) is 0.152. The monoisotopic (exact) mass is 740 g/mol. The van der Waals surface area contributed by atoms with Gasteiger partial charge in [0.1, 0.15) is 38.0 Å². The molecule has 0 spiro atoms. The molecule has 2 aliphatic heterocycles. The zero-order valence-electron chi connectivity index (χ0n) is 32.8. The number of rotatable bonds is 12. The third-order valence-corrected chi connectivity index (χ3v) is 14.1. The van der Waals surface area contributed by atoms with Crippen LogP contribution in [0.1, 0.15) is 93.4 Å². The van der Waals surface area contributed by atoms with Crippen molar-refractivity contribution in [2.75, 3.05) is 34.9 Å². The fraction of sp³-hybridized carbons (Fsp3) is 0.949. The standard InChI is InChI=1S/C39H64O13/c1-12-26(40)24-14-16-39(42)25-13-15-38(41)18-23(49-33-32-31(51-35(5,6)52-32)30(22(2)48-33)47-21-44-10)17-28(50-34(3,4)45-11)37(38,8)29(25)27(46-20-43-9)19-36(24,39)7/h1,22-33,40-42H,13-21H2,2-11H3/t22-,23-,24+,25?,26?,27+,28+,29?,30-,31+,32+,33-,36+,37+,38-,39-/m0/s1. The van der Waals surface area contributed by atoms with Crippen LogP contribution in [0.25, 0.3) is 0 Å². The molecular formula is C39H64O13. The minimum absolute atomic E-state index is 0.0351. The molecule has 0 aromatic carbocycles. The van der Waals surface area contributed by atoms with Crippen LogP contribution in [-0.2, 0) is 47.4 Å². The van der Waals surface area contributed by atoms with Gasteiger partial charge >= 0.3 is 0 Å². The number of aliphatic hydroxyl groups excluding tert-OH is 1. The Morgan fingerprint density at radius 2 is 1.62 bits per heavy atom. The molecule has 4 saturated carbocycles. The summed E-state index contributed by atoms with van der Waals surface area (Å²) in [4.78, 5) is 0. The first-order valence-electron chi connectivity index (χ1n) is 19.0. The first-order valence-corrected chi connectivity index (χ1v) is 19.0. The van der Waals surface area contributed by atoms with Gasteiger partial charge in [-0.05, 0) is 72.6 Å². The second-order valence-corrected chi connectivity index (χ2v) is 17.6. The molecule has 13 nitrogen and oxygen atoms in total. The summed E-state index contributed by atoms with van der Waals surface area (Å²) in [6.45, 7) is 13.6. The minimum Gasteiger partial charge on any atom is -0.389 e. The summed E-state index contributed by atoms with van der Waals surface area (Å²) in [5.41, 5.74) is -4.10. The molecule has 6 aliphatic rings. The Balaban J connectivity index is 1.35. The predicted molar refractivity (Wildman–Crippen MR) is 186 cm³/mol. The molecule has 298 valence electrons. The molecule has 6 fully saturated rings. The average Bonchev–Trinajstić information content (AvgIpc) is 3.55. The van der Waals surface area contributed by atoms with Crippen LogP contribution in [0, 0.1) is 40.9 Å². The summed E-state index contributed by atoms with van der Waals surface area (Å²) >= 11 is 0. The summed E-state index contributed by atoms with van der Waals surface area (Å²) in [6.07, 6.45) is 3.67. The lowest BCUT2D eigenvalue weighted by Crippen LogP contribution is -2.75. The van der Waals surface area contributed by atoms with E-state index in [-0.39, 0.29) is 31.3 Å². The number of hydrogen-bond donors (Lipinski definition) is 3. The molecule has 13 heteroatoms. The first kappa shape index (κ1) is 40.7. The van der Waals surface area contributed by atoms with Crippen LogP contribution < -0.4 is 0 Å². The van der Waals surface area contributed by atoms with E-state index in [1.165, 1.54) is 0 Å². The van der Waals surface area contributed by atoms with E-state index in [4.69, 9.17) is 53.8 Å². The Bertz CT molecular complexity index is 1310. The largest absolute Gasteiger partial charge is 0.389 e. The van der Waals surface area contributed by atoms with Gasteiger partial charge in [0.2, 0.25) is 0 Å². The van der Waals surface area contributed by atoms with Crippen LogP contribution in [-0.4, -0.2) is 128 Å². The van der Waals surface area contributed by atoms with Crippen molar-refractivity contribution in [3.8, 4) is 12.3 Å². The van der Waals surface area contributed by atoms with E-state index in [2.05, 4.69) is 12.8 Å². The number of hydrogen-bond acceptors (Lipinski definition) is 13. The van der Waals surface area contributed by atoms with E-state index < -0.39 is 88.7 Å². The lowest BCUT2D eigenvalue weighted by molar-refractivity contribution is -0.358. The second kappa shape index (κ2) is 14.5. The smallest absolute Gasteiger partial charge is 0.187 e. The Morgan fingerprint density at radius 3 is 2.27 bits per heavy atom. The van der Waals surface area contributed by atoms with Crippen molar-refractivity contribution < 1.29 is 62.7 Å². The van der Waals surface area contributed by atoms with Crippen molar-refractivity contribution in [2.45, 2.75) is 171 Å². The van der Waals surface area contributed by atoms with Crippen LogP contribution in [0.15, 0.2) is 0 Å². The number of methoxy groups -OCH3 is 3. The lowest BCUT2D eigenvalue weighted by atomic mass is 9.40. The van der Waals surface area contributed by atoms with Gasteiger partial charge in [0, 0.05) is 56.8 Å². The fourth-order valence-electron chi connectivity index (χ4n) is 11.5. The van der Waals surface area contributed by atoms with Crippen LogP contribution in [0.5, 0.6) is 0 Å². The average molecular weight is 741 g/mol. The second-order valence-electron chi connectivity index (χ2n) is 17.6. The molecule has 0 amide bonds. The van der Waals surface area contributed by atoms with E-state index in [1.54, 1.807) is 21.3 Å². The van der Waals surface area contributed by atoms with Crippen molar-refractivity contribution in [3.05, 3.63) is 0 Å².